The maximum atomic E-state index is 12.1. The van der Waals surface area contributed by atoms with Gasteiger partial charge >= 0.3 is 0 Å². The summed E-state index contributed by atoms with van der Waals surface area (Å²) >= 11 is 0. The molecule has 3 fully saturated rings. The fourth-order valence-corrected chi connectivity index (χ4v) is 4.50. The first-order valence-corrected chi connectivity index (χ1v) is 9.62. The Morgan fingerprint density at radius 2 is 1.91 bits per heavy atom. The summed E-state index contributed by atoms with van der Waals surface area (Å²) in [5.41, 5.74) is 0. The third kappa shape index (κ3) is 5.16. The predicted octanol–water partition coefficient (Wildman–Crippen LogP) is 1.12. The quantitative estimate of drug-likeness (QED) is 0.709. The number of piperidine rings is 1. The van der Waals surface area contributed by atoms with E-state index in [-0.39, 0.29) is 18.1 Å². The van der Waals surface area contributed by atoms with Crippen LogP contribution in [0.15, 0.2) is 0 Å². The van der Waals surface area contributed by atoms with Gasteiger partial charge in [0, 0.05) is 26.2 Å². The van der Waals surface area contributed by atoms with E-state index in [0.717, 1.165) is 19.0 Å². The average Bonchev–Trinajstić information content (AvgIpc) is 3.01. The molecule has 3 atom stereocenters. The van der Waals surface area contributed by atoms with Gasteiger partial charge in [0.1, 0.15) is 0 Å². The van der Waals surface area contributed by atoms with Crippen LogP contribution in [0.1, 0.15) is 51.4 Å². The highest BCUT2D eigenvalue weighted by atomic mass is 16.3. The lowest BCUT2D eigenvalue weighted by atomic mass is 9.88. The van der Waals surface area contributed by atoms with Crippen LogP contribution in [0, 0.1) is 11.8 Å². The van der Waals surface area contributed by atoms with Crippen LogP contribution in [0.4, 0.5) is 0 Å². The van der Waals surface area contributed by atoms with Crippen LogP contribution in [0.5, 0.6) is 0 Å². The average molecular weight is 323 g/mol. The van der Waals surface area contributed by atoms with Crippen molar-refractivity contribution in [3.05, 3.63) is 0 Å². The van der Waals surface area contributed by atoms with Crippen LogP contribution in [0.2, 0.25) is 0 Å². The normalized spacial score (nSPS) is 33.7. The molecule has 5 nitrogen and oxygen atoms in total. The standard InChI is InChI=1S/C18H33N3O2/c22-16-9-17(19-11-16)18(23)20-10-15-7-4-8-21(13-15)12-14-5-2-1-3-6-14/h14-17,19,22H,1-13H2,(H,20,23)/t15?,16-,17+/m0/s1. The predicted molar refractivity (Wildman–Crippen MR) is 91.2 cm³/mol. The highest BCUT2D eigenvalue weighted by molar-refractivity contribution is 5.82. The number of likely N-dealkylation sites (tertiary alicyclic amines) is 1. The van der Waals surface area contributed by atoms with Crippen molar-refractivity contribution < 1.29 is 9.90 Å². The van der Waals surface area contributed by atoms with E-state index < -0.39 is 0 Å². The lowest BCUT2D eigenvalue weighted by Crippen LogP contribution is -2.46. The summed E-state index contributed by atoms with van der Waals surface area (Å²) in [5.74, 6) is 1.55. The van der Waals surface area contributed by atoms with Crippen molar-refractivity contribution in [3.63, 3.8) is 0 Å². The first-order valence-electron chi connectivity index (χ1n) is 9.62. The van der Waals surface area contributed by atoms with Gasteiger partial charge in [-0.2, -0.15) is 0 Å². The molecule has 0 bridgehead atoms. The van der Waals surface area contributed by atoms with Gasteiger partial charge in [0.05, 0.1) is 12.1 Å². The van der Waals surface area contributed by atoms with Gasteiger partial charge in [0.15, 0.2) is 0 Å². The zero-order chi connectivity index (χ0) is 16.1. The second kappa shape index (κ2) is 8.45. The highest BCUT2D eigenvalue weighted by Crippen LogP contribution is 2.26. The monoisotopic (exact) mass is 323 g/mol. The Morgan fingerprint density at radius 3 is 2.65 bits per heavy atom. The number of nitrogens with one attached hydrogen (secondary N) is 2. The van der Waals surface area contributed by atoms with Crippen LogP contribution >= 0.6 is 0 Å². The van der Waals surface area contributed by atoms with Crippen molar-refractivity contribution in [2.24, 2.45) is 11.8 Å². The molecule has 2 heterocycles. The van der Waals surface area contributed by atoms with E-state index in [1.165, 1.54) is 58.0 Å². The Kier molecular flexibility index (Phi) is 6.31. The molecule has 2 saturated heterocycles. The molecule has 0 aromatic carbocycles. The number of hydrogen-bond acceptors (Lipinski definition) is 4. The fourth-order valence-electron chi connectivity index (χ4n) is 4.50. The summed E-state index contributed by atoms with van der Waals surface area (Å²) in [6, 6.07) is -0.202. The molecule has 1 aliphatic carbocycles. The maximum Gasteiger partial charge on any atom is 0.237 e. The van der Waals surface area contributed by atoms with Gasteiger partial charge in [-0.05, 0) is 50.5 Å². The number of nitrogens with zero attached hydrogens (tertiary/aromatic N) is 1. The van der Waals surface area contributed by atoms with Gasteiger partial charge in [-0.25, -0.2) is 0 Å². The Hall–Kier alpha value is -0.650. The lowest BCUT2D eigenvalue weighted by molar-refractivity contribution is -0.123. The van der Waals surface area contributed by atoms with Crippen LogP contribution in [-0.2, 0) is 4.79 Å². The van der Waals surface area contributed by atoms with E-state index in [9.17, 15) is 9.90 Å². The van der Waals surface area contributed by atoms with Crippen LogP contribution in [0.25, 0.3) is 0 Å². The Bertz CT molecular complexity index is 384. The van der Waals surface area contributed by atoms with E-state index >= 15 is 0 Å². The summed E-state index contributed by atoms with van der Waals surface area (Å²) in [6.45, 7) is 4.96. The van der Waals surface area contributed by atoms with Gasteiger partial charge in [0.25, 0.3) is 0 Å². The highest BCUT2D eigenvalue weighted by Gasteiger charge is 2.29. The number of carbonyl (C=O) groups is 1. The smallest absolute Gasteiger partial charge is 0.237 e. The maximum absolute atomic E-state index is 12.1. The SMILES string of the molecule is O=C(NCC1CCCN(CC2CCCCC2)C1)[C@H]1C[C@H](O)CN1. The molecule has 0 spiro atoms. The van der Waals surface area contributed by atoms with Crippen LogP contribution < -0.4 is 10.6 Å². The molecule has 1 unspecified atom stereocenters. The number of aliphatic hydroxyl groups excluding tert-OH is 1. The third-order valence-corrected chi connectivity index (χ3v) is 5.83. The Balaban J connectivity index is 1.37. The Morgan fingerprint density at radius 1 is 1.13 bits per heavy atom. The molecule has 23 heavy (non-hydrogen) atoms. The number of carbonyl (C=O) groups excluding carboxylic acids is 1. The topological polar surface area (TPSA) is 64.6 Å². The van der Waals surface area contributed by atoms with Crippen LogP contribution in [-0.4, -0.2) is 60.8 Å². The Labute approximate surface area is 140 Å². The van der Waals surface area contributed by atoms with Crippen molar-refractivity contribution in [1.29, 1.82) is 0 Å². The van der Waals surface area contributed by atoms with E-state index in [1.807, 2.05) is 0 Å². The fraction of sp³-hybridized carbons (Fsp3) is 0.944. The minimum Gasteiger partial charge on any atom is -0.392 e. The van der Waals surface area contributed by atoms with E-state index in [0.29, 0.717) is 18.9 Å². The molecule has 0 aromatic heterocycles. The zero-order valence-electron chi connectivity index (χ0n) is 14.3. The summed E-state index contributed by atoms with van der Waals surface area (Å²) in [4.78, 5) is 14.8. The molecular formula is C18H33N3O2. The number of amides is 1. The van der Waals surface area contributed by atoms with E-state index in [4.69, 9.17) is 0 Å². The summed E-state index contributed by atoms with van der Waals surface area (Å²) < 4.78 is 0. The van der Waals surface area contributed by atoms with Crippen molar-refractivity contribution in [3.8, 4) is 0 Å². The largest absolute Gasteiger partial charge is 0.392 e. The van der Waals surface area contributed by atoms with Gasteiger partial charge in [-0.1, -0.05) is 19.3 Å². The number of hydrogen-bond donors (Lipinski definition) is 3. The lowest BCUT2D eigenvalue weighted by Gasteiger charge is -2.36. The molecule has 5 heteroatoms. The molecule has 0 radical (unpaired) electrons. The van der Waals surface area contributed by atoms with Crippen molar-refractivity contribution >= 4 is 5.91 Å². The minimum atomic E-state index is -0.369. The van der Waals surface area contributed by atoms with Crippen LogP contribution in [0.3, 0.4) is 0 Å². The second-order valence-electron chi connectivity index (χ2n) is 7.87. The molecule has 3 N–H and O–H groups in total. The van der Waals surface area contributed by atoms with Gasteiger partial charge in [0.2, 0.25) is 5.91 Å². The van der Waals surface area contributed by atoms with Gasteiger partial charge < -0.3 is 20.6 Å². The number of β-amino-alcohol motifs (C(OH)–C–C–N with tert-alkyl or cyclic N) is 1. The van der Waals surface area contributed by atoms with Crippen molar-refractivity contribution in [2.75, 3.05) is 32.7 Å². The minimum absolute atomic E-state index is 0.0611. The van der Waals surface area contributed by atoms with E-state index in [2.05, 4.69) is 15.5 Å². The van der Waals surface area contributed by atoms with Gasteiger partial charge in [-0.15, -0.1) is 0 Å². The summed E-state index contributed by atoms with van der Waals surface area (Å²) in [5, 5.41) is 15.7. The van der Waals surface area contributed by atoms with Gasteiger partial charge in [-0.3, -0.25) is 4.79 Å². The van der Waals surface area contributed by atoms with Crippen molar-refractivity contribution in [2.45, 2.75) is 63.5 Å². The molecule has 132 valence electrons. The molecule has 3 rings (SSSR count). The number of aliphatic hydroxyl groups is 1. The molecule has 2 aliphatic heterocycles. The van der Waals surface area contributed by atoms with Crippen molar-refractivity contribution in [1.82, 2.24) is 15.5 Å². The molecular weight excluding hydrogens is 290 g/mol. The first-order chi connectivity index (χ1) is 11.2. The molecule has 3 aliphatic rings. The molecule has 1 amide bonds. The number of rotatable bonds is 5. The molecule has 0 aromatic rings. The summed E-state index contributed by atoms with van der Waals surface area (Å²) in [7, 11) is 0. The third-order valence-electron chi connectivity index (χ3n) is 5.83. The first kappa shape index (κ1) is 17.2. The van der Waals surface area contributed by atoms with E-state index in [1.54, 1.807) is 0 Å². The zero-order valence-corrected chi connectivity index (χ0v) is 14.3. The molecule has 1 saturated carbocycles. The summed E-state index contributed by atoms with van der Waals surface area (Å²) in [6.07, 6.45) is 9.73. The second-order valence-corrected chi connectivity index (χ2v) is 7.87.